The van der Waals surface area contributed by atoms with Crippen LogP contribution < -0.4 is 10.2 Å². The molecule has 0 atom stereocenters. The molecule has 0 spiro atoms. The standard InChI is InChI=1S/C23H16Br2Cl2N6O2S/c24-16-8-15(22(19(25)9-16)35-12-14-6-7-17(26)10-20(14)27)11-28-29-21(34)13-36-23-30-31-32-33(23)18-4-2-1-3-5-18/h1-11H,12-13H2,(H,29,34)/b28-11+. The van der Waals surface area contributed by atoms with Gasteiger partial charge in [-0.2, -0.15) is 9.78 Å². The number of ether oxygens (including phenoxy) is 1. The van der Waals surface area contributed by atoms with Gasteiger partial charge in [0, 0.05) is 25.6 Å². The molecule has 1 aromatic heterocycles. The molecule has 0 radical (unpaired) electrons. The Bertz CT molecular complexity index is 1400. The van der Waals surface area contributed by atoms with E-state index in [0.717, 1.165) is 15.7 Å². The maximum atomic E-state index is 12.4. The lowest BCUT2D eigenvalue weighted by molar-refractivity contribution is -0.118. The molecule has 0 unspecified atom stereocenters. The van der Waals surface area contributed by atoms with Gasteiger partial charge in [-0.3, -0.25) is 4.79 Å². The Hall–Kier alpha value is -2.44. The average molecular weight is 671 g/mol. The monoisotopic (exact) mass is 668 g/mol. The fourth-order valence-corrected chi connectivity index (χ4v) is 5.47. The Morgan fingerprint density at radius 2 is 1.94 bits per heavy atom. The van der Waals surface area contributed by atoms with Crippen LogP contribution in [-0.4, -0.2) is 38.1 Å². The third-order valence-electron chi connectivity index (χ3n) is 4.59. The molecule has 0 saturated carbocycles. The van der Waals surface area contributed by atoms with Gasteiger partial charge in [0.1, 0.15) is 12.4 Å². The number of benzene rings is 3. The fraction of sp³-hybridized carbons (Fsp3) is 0.0870. The Morgan fingerprint density at radius 1 is 1.14 bits per heavy atom. The van der Waals surface area contributed by atoms with Crippen LogP contribution in [0.4, 0.5) is 0 Å². The summed E-state index contributed by atoms with van der Waals surface area (Å²) in [6.45, 7) is 0.218. The molecule has 184 valence electrons. The highest BCUT2D eigenvalue weighted by atomic mass is 79.9. The van der Waals surface area contributed by atoms with Gasteiger partial charge in [0.2, 0.25) is 5.16 Å². The molecule has 1 N–H and O–H groups in total. The maximum absolute atomic E-state index is 12.4. The van der Waals surface area contributed by atoms with Gasteiger partial charge in [0.05, 0.1) is 22.1 Å². The molecule has 1 heterocycles. The summed E-state index contributed by atoms with van der Waals surface area (Å²) in [6, 6.07) is 18.3. The predicted molar refractivity (Wildman–Crippen MR) is 148 cm³/mol. The lowest BCUT2D eigenvalue weighted by Gasteiger charge is -2.13. The van der Waals surface area contributed by atoms with Crippen LogP contribution in [-0.2, 0) is 11.4 Å². The number of tetrazole rings is 1. The van der Waals surface area contributed by atoms with Crippen LogP contribution in [0.1, 0.15) is 11.1 Å². The van der Waals surface area contributed by atoms with E-state index in [-0.39, 0.29) is 18.3 Å². The van der Waals surface area contributed by atoms with E-state index in [4.69, 9.17) is 27.9 Å². The summed E-state index contributed by atoms with van der Waals surface area (Å²) in [4.78, 5) is 12.4. The van der Waals surface area contributed by atoms with Crippen molar-refractivity contribution >= 4 is 78.9 Å². The van der Waals surface area contributed by atoms with Crippen molar-refractivity contribution in [1.29, 1.82) is 0 Å². The zero-order chi connectivity index (χ0) is 25.5. The van der Waals surface area contributed by atoms with Gasteiger partial charge < -0.3 is 4.74 Å². The first-order valence-corrected chi connectivity index (χ1v) is 13.6. The second kappa shape index (κ2) is 12.7. The molecule has 36 heavy (non-hydrogen) atoms. The molecule has 0 fully saturated rings. The highest BCUT2D eigenvalue weighted by Crippen LogP contribution is 2.33. The van der Waals surface area contributed by atoms with Crippen LogP contribution in [0.15, 0.2) is 79.9 Å². The number of para-hydroxylation sites is 1. The Labute approximate surface area is 237 Å². The summed E-state index contributed by atoms with van der Waals surface area (Å²) < 4.78 is 9.09. The lowest BCUT2D eigenvalue weighted by atomic mass is 10.2. The molecule has 0 bridgehead atoms. The minimum absolute atomic E-state index is 0.0746. The SMILES string of the molecule is O=C(CSc1nnnn1-c1ccccc1)N/N=C/c1cc(Br)cc(Br)c1OCc1ccc(Cl)cc1Cl. The molecule has 1 amide bonds. The van der Waals surface area contributed by atoms with Gasteiger partial charge >= 0.3 is 0 Å². The molecule has 0 aliphatic rings. The molecule has 8 nitrogen and oxygen atoms in total. The molecule has 4 aromatic rings. The summed E-state index contributed by atoms with van der Waals surface area (Å²) in [5.74, 6) is 0.299. The third kappa shape index (κ3) is 7.07. The second-order valence-corrected chi connectivity index (χ2v) is 10.7. The Balaban J connectivity index is 1.38. The van der Waals surface area contributed by atoms with Crippen molar-refractivity contribution in [2.24, 2.45) is 5.10 Å². The highest BCUT2D eigenvalue weighted by Gasteiger charge is 2.13. The molecule has 13 heteroatoms. The number of hydrazone groups is 1. The van der Waals surface area contributed by atoms with E-state index in [1.54, 1.807) is 22.9 Å². The predicted octanol–water partition coefficient (Wildman–Crippen LogP) is 6.32. The number of halogens is 4. The van der Waals surface area contributed by atoms with Crippen molar-refractivity contribution in [3.05, 3.63) is 90.8 Å². The van der Waals surface area contributed by atoms with E-state index in [0.29, 0.717) is 31.0 Å². The number of rotatable bonds is 9. The zero-order valence-electron chi connectivity index (χ0n) is 18.2. The summed E-state index contributed by atoms with van der Waals surface area (Å²) in [7, 11) is 0. The van der Waals surface area contributed by atoms with Crippen LogP contribution in [0.3, 0.4) is 0 Å². The quantitative estimate of drug-likeness (QED) is 0.127. The zero-order valence-corrected chi connectivity index (χ0v) is 23.7. The van der Waals surface area contributed by atoms with Crippen molar-refractivity contribution in [1.82, 2.24) is 25.6 Å². The number of carbonyl (C=O) groups is 1. The van der Waals surface area contributed by atoms with Crippen LogP contribution in [0, 0.1) is 0 Å². The molecule has 3 aromatic carbocycles. The number of nitrogens with one attached hydrogen (secondary N) is 1. The third-order valence-corrected chi connectivity index (χ3v) is 7.14. The van der Waals surface area contributed by atoms with Crippen molar-refractivity contribution in [2.45, 2.75) is 11.8 Å². The van der Waals surface area contributed by atoms with Crippen LogP contribution in [0.25, 0.3) is 5.69 Å². The summed E-state index contributed by atoms with van der Waals surface area (Å²) in [5, 5.41) is 17.3. The van der Waals surface area contributed by atoms with E-state index >= 15 is 0 Å². The van der Waals surface area contributed by atoms with Gasteiger partial charge in [0.15, 0.2) is 0 Å². The van der Waals surface area contributed by atoms with Gasteiger partial charge in [-0.25, -0.2) is 5.43 Å². The lowest BCUT2D eigenvalue weighted by Crippen LogP contribution is -2.20. The number of carbonyl (C=O) groups excluding carboxylic acids is 1. The van der Waals surface area contributed by atoms with Gasteiger partial charge in [-0.15, -0.1) is 5.10 Å². The largest absolute Gasteiger partial charge is 0.487 e. The van der Waals surface area contributed by atoms with Crippen molar-refractivity contribution in [3.8, 4) is 11.4 Å². The van der Waals surface area contributed by atoms with E-state index in [9.17, 15) is 4.79 Å². The van der Waals surface area contributed by atoms with Gasteiger partial charge in [-0.05, 0) is 62.8 Å². The van der Waals surface area contributed by atoms with Crippen molar-refractivity contribution < 1.29 is 9.53 Å². The Morgan fingerprint density at radius 3 is 2.72 bits per heavy atom. The number of hydrogen-bond acceptors (Lipinski definition) is 7. The molecule has 0 aliphatic carbocycles. The van der Waals surface area contributed by atoms with E-state index in [2.05, 4.69) is 57.9 Å². The molecule has 0 saturated heterocycles. The second-order valence-electron chi connectivity index (χ2n) is 7.12. The van der Waals surface area contributed by atoms with Crippen molar-refractivity contribution in [3.63, 3.8) is 0 Å². The maximum Gasteiger partial charge on any atom is 0.250 e. The topological polar surface area (TPSA) is 94.3 Å². The highest BCUT2D eigenvalue weighted by molar-refractivity contribution is 9.11. The molecule has 4 rings (SSSR count). The summed E-state index contributed by atoms with van der Waals surface area (Å²) in [6.07, 6.45) is 1.50. The van der Waals surface area contributed by atoms with Gasteiger partial charge in [-0.1, -0.05) is 75.2 Å². The first-order valence-electron chi connectivity index (χ1n) is 10.2. The van der Waals surface area contributed by atoms with Gasteiger partial charge in [0.25, 0.3) is 5.91 Å². The summed E-state index contributed by atoms with van der Waals surface area (Å²) >= 11 is 20.4. The average Bonchev–Trinajstić information content (AvgIpc) is 3.32. The number of thioether (sulfide) groups is 1. The van der Waals surface area contributed by atoms with Crippen LogP contribution >= 0.6 is 66.8 Å². The first kappa shape index (κ1) is 26.6. The van der Waals surface area contributed by atoms with Crippen molar-refractivity contribution in [2.75, 3.05) is 5.75 Å². The fourth-order valence-electron chi connectivity index (χ4n) is 2.95. The number of aromatic nitrogens is 4. The number of hydrogen-bond donors (Lipinski definition) is 1. The van der Waals surface area contributed by atoms with E-state index < -0.39 is 0 Å². The molecular formula is C23H16Br2Cl2N6O2S. The van der Waals surface area contributed by atoms with Crippen LogP contribution in [0.2, 0.25) is 10.0 Å². The number of amides is 1. The first-order chi connectivity index (χ1) is 17.4. The van der Waals surface area contributed by atoms with E-state index in [1.807, 2.05) is 42.5 Å². The molecule has 0 aliphatic heterocycles. The van der Waals surface area contributed by atoms with E-state index in [1.165, 1.54) is 18.0 Å². The van der Waals surface area contributed by atoms with Crippen LogP contribution in [0.5, 0.6) is 5.75 Å². The smallest absolute Gasteiger partial charge is 0.250 e. The Kier molecular flexibility index (Phi) is 9.38. The minimum atomic E-state index is -0.316. The summed E-state index contributed by atoms with van der Waals surface area (Å²) in [5.41, 5.74) is 4.74. The minimum Gasteiger partial charge on any atom is -0.487 e. The number of nitrogens with zero attached hydrogens (tertiary/aromatic N) is 5. The molecular weight excluding hydrogens is 655 g/mol. The normalized spacial score (nSPS) is 11.1.